The summed E-state index contributed by atoms with van der Waals surface area (Å²) in [4.78, 5) is 0. The Morgan fingerprint density at radius 2 is 1.76 bits per heavy atom. The molecule has 0 saturated heterocycles. The van der Waals surface area contributed by atoms with Gasteiger partial charge in [0.1, 0.15) is 11.3 Å². The molecule has 2 heteroatoms. The molecule has 0 aliphatic carbocycles. The first kappa shape index (κ1) is 12.2. The normalized spacial score (nSPS) is 12.3. The maximum absolute atomic E-state index is 5.91. The molecule has 0 spiro atoms. The summed E-state index contributed by atoms with van der Waals surface area (Å²) in [6.45, 7) is 11.5. The Labute approximate surface area is 103 Å². The van der Waals surface area contributed by atoms with Gasteiger partial charge < -0.3 is 9.73 Å². The van der Waals surface area contributed by atoms with E-state index in [-0.39, 0.29) is 5.54 Å². The van der Waals surface area contributed by atoms with Crippen molar-refractivity contribution in [1.82, 2.24) is 5.32 Å². The van der Waals surface area contributed by atoms with Gasteiger partial charge in [-0.3, -0.25) is 0 Å². The van der Waals surface area contributed by atoms with Crippen LogP contribution < -0.4 is 5.32 Å². The fraction of sp³-hybridized carbons (Fsp3) is 0.467. The monoisotopic (exact) mass is 231 g/mol. The lowest BCUT2D eigenvalue weighted by Crippen LogP contribution is -2.34. The van der Waals surface area contributed by atoms with Crippen LogP contribution in [0.25, 0.3) is 11.0 Å². The van der Waals surface area contributed by atoms with Gasteiger partial charge in [-0.15, -0.1) is 0 Å². The highest BCUT2D eigenvalue weighted by Crippen LogP contribution is 2.26. The molecule has 0 unspecified atom stereocenters. The smallest absolute Gasteiger partial charge is 0.137 e. The van der Waals surface area contributed by atoms with E-state index in [2.05, 4.69) is 58.1 Å². The lowest BCUT2D eigenvalue weighted by molar-refractivity contribution is 0.395. The van der Waals surface area contributed by atoms with Crippen LogP contribution in [0.2, 0.25) is 0 Å². The highest BCUT2D eigenvalue weighted by atomic mass is 16.3. The molecular formula is C15H21NO. The molecule has 2 rings (SSSR count). The van der Waals surface area contributed by atoms with E-state index in [1.54, 1.807) is 0 Å². The maximum atomic E-state index is 5.91. The molecule has 0 amide bonds. The first-order valence-corrected chi connectivity index (χ1v) is 6.10. The molecule has 1 aromatic heterocycles. The molecule has 92 valence electrons. The molecule has 17 heavy (non-hydrogen) atoms. The highest BCUT2D eigenvalue weighted by Gasteiger charge is 2.12. The average Bonchev–Trinajstić information content (AvgIpc) is 2.65. The number of furan rings is 1. The van der Waals surface area contributed by atoms with Crippen LogP contribution in [0.1, 0.15) is 37.7 Å². The summed E-state index contributed by atoms with van der Waals surface area (Å²) in [5.41, 5.74) is 3.61. The van der Waals surface area contributed by atoms with Crippen molar-refractivity contribution in [3.05, 3.63) is 35.1 Å². The van der Waals surface area contributed by atoms with E-state index in [9.17, 15) is 0 Å². The first-order valence-electron chi connectivity index (χ1n) is 6.10. The van der Waals surface area contributed by atoms with Gasteiger partial charge in [0.2, 0.25) is 0 Å². The Morgan fingerprint density at radius 3 is 2.35 bits per heavy atom. The standard InChI is InChI=1S/C15H21NO/c1-10-6-7-11(2)14-13(10)8-12(17-14)9-16-15(3,4)5/h6-8,16H,9H2,1-5H3. The second-order valence-electron chi connectivity index (χ2n) is 5.76. The maximum Gasteiger partial charge on any atom is 0.137 e. The van der Waals surface area contributed by atoms with Crippen LogP contribution in [-0.2, 0) is 6.54 Å². The van der Waals surface area contributed by atoms with Crippen LogP contribution in [-0.4, -0.2) is 5.54 Å². The van der Waals surface area contributed by atoms with Gasteiger partial charge in [0, 0.05) is 10.9 Å². The van der Waals surface area contributed by atoms with E-state index in [1.165, 1.54) is 16.5 Å². The van der Waals surface area contributed by atoms with E-state index in [0.29, 0.717) is 0 Å². The molecule has 0 bridgehead atoms. The molecule has 1 N–H and O–H groups in total. The van der Waals surface area contributed by atoms with Gasteiger partial charge in [-0.25, -0.2) is 0 Å². The van der Waals surface area contributed by atoms with Crippen molar-refractivity contribution in [2.75, 3.05) is 0 Å². The van der Waals surface area contributed by atoms with Crippen molar-refractivity contribution in [3.8, 4) is 0 Å². The lowest BCUT2D eigenvalue weighted by Gasteiger charge is -2.19. The zero-order chi connectivity index (χ0) is 12.6. The van der Waals surface area contributed by atoms with Crippen molar-refractivity contribution in [2.24, 2.45) is 0 Å². The molecule has 1 heterocycles. The predicted molar refractivity (Wildman–Crippen MR) is 72.3 cm³/mol. The van der Waals surface area contributed by atoms with E-state index in [4.69, 9.17) is 4.42 Å². The average molecular weight is 231 g/mol. The molecule has 2 aromatic rings. The lowest BCUT2D eigenvalue weighted by atomic mass is 10.1. The minimum Gasteiger partial charge on any atom is -0.459 e. The highest BCUT2D eigenvalue weighted by molar-refractivity contribution is 5.84. The van der Waals surface area contributed by atoms with Crippen molar-refractivity contribution in [1.29, 1.82) is 0 Å². The fourth-order valence-corrected chi connectivity index (χ4v) is 1.88. The van der Waals surface area contributed by atoms with Crippen molar-refractivity contribution in [2.45, 2.75) is 46.7 Å². The summed E-state index contributed by atoms with van der Waals surface area (Å²) < 4.78 is 5.91. The number of hydrogen-bond donors (Lipinski definition) is 1. The quantitative estimate of drug-likeness (QED) is 0.847. The molecule has 0 saturated carbocycles. The zero-order valence-electron chi connectivity index (χ0n) is 11.3. The van der Waals surface area contributed by atoms with Gasteiger partial charge in [-0.1, -0.05) is 12.1 Å². The van der Waals surface area contributed by atoms with E-state index < -0.39 is 0 Å². The third kappa shape index (κ3) is 2.70. The number of nitrogens with one attached hydrogen (secondary N) is 1. The third-order valence-corrected chi connectivity index (χ3v) is 2.94. The van der Waals surface area contributed by atoms with Crippen LogP contribution in [0.3, 0.4) is 0 Å². The van der Waals surface area contributed by atoms with Crippen LogP contribution in [0.5, 0.6) is 0 Å². The Morgan fingerprint density at radius 1 is 1.12 bits per heavy atom. The fourth-order valence-electron chi connectivity index (χ4n) is 1.88. The minimum absolute atomic E-state index is 0.114. The summed E-state index contributed by atoms with van der Waals surface area (Å²) in [7, 11) is 0. The van der Waals surface area contributed by atoms with E-state index in [1.807, 2.05) is 0 Å². The summed E-state index contributed by atoms with van der Waals surface area (Å²) in [5.74, 6) is 1.01. The van der Waals surface area contributed by atoms with Gasteiger partial charge in [0.15, 0.2) is 0 Å². The van der Waals surface area contributed by atoms with Gasteiger partial charge in [0.25, 0.3) is 0 Å². The van der Waals surface area contributed by atoms with Crippen LogP contribution in [0.15, 0.2) is 22.6 Å². The van der Waals surface area contributed by atoms with E-state index in [0.717, 1.165) is 17.9 Å². The third-order valence-electron chi connectivity index (χ3n) is 2.94. The van der Waals surface area contributed by atoms with Gasteiger partial charge in [-0.05, 0) is 51.8 Å². The summed E-state index contributed by atoms with van der Waals surface area (Å²) in [6, 6.07) is 6.41. The summed E-state index contributed by atoms with van der Waals surface area (Å²) in [6.07, 6.45) is 0. The molecular weight excluding hydrogens is 210 g/mol. The Hall–Kier alpha value is -1.28. The molecule has 0 fully saturated rings. The first-order chi connectivity index (χ1) is 7.87. The Bertz CT molecular complexity index is 493. The molecule has 0 aliphatic rings. The molecule has 2 nitrogen and oxygen atoms in total. The largest absolute Gasteiger partial charge is 0.459 e. The second kappa shape index (κ2) is 4.19. The molecule has 0 radical (unpaired) electrons. The summed E-state index contributed by atoms with van der Waals surface area (Å²) in [5, 5.41) is 4.68. The number of fused-ring (bicyclic) bond motifs is 1. The topological polar surface area (TPSA) is 25.2 Å². The predicted octanol–water partition coefficient (Wildman–Crippen LogP) is 3.94. The van der Waals surface area contributed by atoms with Gasteiger partial charge in [0.05, 0.1) is 6.54 Å². The Balaban J connectivity index is 2.32. The minimum atomic E-state index is 0.114. The van der Waals surface area contributed by atoms with Crippen molar-refractivity contribution >= 4 is 11.0 Å². The van der Waals surface area contributed by atoms with Crippen LogP contribution in [0, 0.1) is 13.8 Å². The van der Waals surface area contributed by atoms with Crippen LogP contribution in [0.4, 0.5) is 0 Å². The zero-order valence-corrected chi connectivity index (χ0v) is 11.3. The molecule has 1 aromatic carbocycles. The van der Waals surface area contributed by atoms with Gasteiger partial charge in [-0.2, -0.15) is 0 Å². The number of rotatable bonds is 2. The number of benzene rings is 1. The number of aryl methyl sites for hydroxylation is 2. The number of hydrogen-bond acceptors (Lipinski definition) is 2. The molecule has 0 aliphatic heterocycles. The molecule has 0 atom stereocenters. The second-order valence-corrected chi connectivity index (χ2v) is 5.76. The van der Waals surface area contributed by atoms with Gasteiger partial charge >= 0.3 is 0 Å². The van der Waals surface area contributed by atoms with Crippen molar-refractivity contribution in [3.63, 3.8) is 0 Å². The summed E-state index contributed by atoms with van der Waals surface area (Å²) >= 11 is 0. The SMILES string of the molecule is Cc1ccc(C)c2oc(CNC(C)(C)C)cc12. The van der Waals surface area contributed by atoms with E-state index >= 15 is 0 Å². The van der Waals surface area contributed by atoms with Crippen molar-refractivity contribution < 1.29 is 4.42 Å². The Kier molecular flexibility index (Phi) is 3.00. The van der Waals surface area contributed by atoms with Crippen LogP contribution >= 0.6 is 0 Å².